The molecule has 0 fully saturated rings. The molecule has 1 unspecified atom stereocenters. The van der Waals surface area contributed by atoms with Gasteiger partial charge in [-0.3, -0.25) is 0 Å². The zero-order valence-electron chi connectivity index (χ0n) is 7.92. The van der Waals surface area contributed by atoms with Crippen molar-refractivity contribution in [2.24, 2.45) is 0 Å². The van der Waals surface area contributed by atoms with Crippen molar-refractivity contribution >= 4 is 0 Å². The molecular weight excluding hydrogens is 167 g/mol. The maximum Gasteiger partial charge on any atom is 0.165 e. The number of benzene rings is 1. The van der Waals surface area contributed by atoms with Crippen LogP contribution in [0.15, 0.2) is 18.2 Å². The number of phenols is 1. The number of phenolic OH excluding ortho intramolecular Hbond substituents is 1. The summed E-state index contributed by atoms with van der Waals surface area (Å²) in [5, 5.41) is 8.97. The zero-order valence-corrected chi connectivity index (χ0v) is 7.92. The Hall–Kier alpha value is -1.05. The molecule has 2 heteroatoms. The number of hydrogen-bond donors (Lipinski definition) is 1. The van der Waals surface area contributed by atoms with Gasteiger partial charge in [0.1, 0.15) is 0 Å². The third kappa shape index (κ3) is 2.44. The smallest absolute Gasteiger partial charge is 0.165 e. The molecular formula is C11H14FO. The van der Waals surface area contributed by atoms with E-state index in [2.05, 4.69) is 6.42 Å². The van der Waals surface area contributed by atoms with Gasteiger partial charge in [0.2, 0.25) is 0 Å². The summed E-state index contributed by atoms with van der Waals surface area (Å²) in [7, 11) is 0. The van der Waals surface area contributed by atoms with Crippen molar-refractivity contribution in [3.05, 3.63) is 36.0 Å². The van der Waals surface area contributed by atoms with Gasteiger partial charge in [0.25, 0.3) is 0 Å². The van der Waals surface area contributed by atoms with Gasteiger partial charge >= 0.3 is 0 Å². The van der Waals surface area contributed by atoms with Gasteiger partial charge in [0.15, 0.2) is 11.6 Å². The highest BCUT2D eigenvalue weighted by molar-refractivity contribution is 5.30. The second kappa shape index (κ2) is 4.26. The number of aromatic hydroxyl groups is 1. The summed E-state index contributed by atoms with van der Waals surface area (Å²) >= 11 is 0. The normalized spacial score (nSPS) is 12.8. The summed E-state index contributed by atoms with van der Waals surface area (Å²) in [6.45, 7) is 4.06. The van der Waals surface area contributed by atoms with Crippen molar-refractivity contribution in [2.45, 2.75) is 26.2 Å². The van der Waals surface area contributed by atoms with E-state index in [4.69, 9.17) is 5.11 Å². The fourth-order valence-electron chi connectivity index (χ4n) is 1.30. The predicted octanol–water partition coefficient (Wildman–Crippen LogP) is 3.25. The molecule has 1 aromatic carbocycles. The first-order chi connectivity index (χ1) is 6.15. The van der Waals surface area contributed by atoms with E-state index in [0.717, 1.165) is 12.0 Å². The number of rotatable bonds is 3. The van der Waals surface area contributed by atoms with E-state index in [-0.39, 0.29) is 11.7 Å². The van der Waals surface area contributed by atoms with Gasteiger partial charge in [-0.25, -0.2) is 4.39 Å². The van der Waals surface area contributed by atoms with Gasteiger partial charge in [-0.1, -0.05) is 26.3 Å². The summed E-state index contributed by atoms with van der Waals surface area (Å²) in [4.78, 5) is 0. The molecule has 0 saturated carbocycles. The van der Waals surface area contributed by atoms with Crippen LogP contribution in [0.5, 0.6) is 5.75 Å². The van der Waals surface area contributed by atoms with E-state index in [1.807, 2.05) is 13.8 Å². The lowest BCUT2D eigenvalue weighted by molar-refractivity contribution is 0.431. The summed E-state index contributed by atoms with van der Waals surface area (Å²) in [6, 6.07) is 4.52. The van der Waals surface area contributed by atoms with E-state index in [1.54, 1.807) is 6.07 Å². The number of halogens is 1. The second-order valence-electron chi connectivity index (χ2n) is 3.14. The quantitative estimate of drug-likeness (QED) is 0.758. The molecule has 0 aromatic heterocycles. The van der Waals surface area contributed by atoms with Crippen LogP contribution in [0.1, 0.15) is 31.7 Å². The van der Waals surface area contributed by atoms with Gasteiger partial charge in [-0.15, -0.1) is 0 Å². The molecule has 0 bridgehead atoms. The first-order valence-electron chi connectivity index (χ1n) is 4.47. The molecule has 1 nitrogen and oxygen atoms in total. The third-order valence-corrected chi connectivity index (χ3v) is 2.09. The minimum Gasteiger partial charge on any atom is -0.505 e. The van der Waals surface area contributed by atoms with Crippen molar-refractivity contribution in [2.75, 3.05) is 0 Å². The molecule has 0 aliphatic carbocycles. The van der Waals surface area contributed by atoms with Crippen molar-refractivity contribution in [1.82, 2.24) is 0 Å². The fourth-order valence-corrected chi connectivity index (χ4v) is 1.30. The Morgan fingerprint density at radius 1 is 1.54 bits per heavy atom. The molecule has 1 radical (unpaired) electrons. The largest absolute Gasteiger partial charge is 0.505 e. The summed E-state index contributed by atoms with van der Waals surface area (Å²) < 4.78 is 12.9. The molecule has 1 rings (SSSR count). The van der Waals surface area contributed by atoms with E-state index in [1.165, 1.54) is 12.1 Å². The van der Waals surface area contributed by atoms with Crippen LogP contribution >= 0.6 is 0 Å². The standard InChI is InChI=1S/C11H14FO/c1-3-4-8(2)9-5-6-11(13)10(12)7-9/h4-8,13H,3H2,1-2H3. The molecule has 1 aromatic rings. The van der Waals surface area contributed by atoms with Crippen LogP contribution < -0.4 is 0 Å². The molecule has 0 aliphatic rings. The third-order valence-electron chi connectivity index (χ3n) is 2.09. The highest BCUT2D eigenvalue weighted by Gasteiger charge is 2.07. The number of hydrogen-bond acceptors (Lipinski definition) is 1. The van der Waals surface area contributed by atoms with Crippen LogP contribution in [0.25, 0.3) is 0 Å². The monoisotopic (exact) mass is 181 g/mol. The molecule has 1 N–H and O–H groups in total. The van der Waals surface area contributed by atoms with Crippen molar-refractivity contribution in [3.63, 3.8) is 0 Å². The lowest BCUT2D eigenvalue weighted by Crippen LogP contribution is -1.94. The van der Waals surface area contributed by atoms with E-state index in [9.17, 15) is 4.39 Å². The minimum absolute atomic E-state index is 0.236. The Labute approximate surface area is 78.2 Å². The van der Waals surface area contributed by atoms with Crippen molar-refractivity contribution in [3.8, 4) is 5.75 Å². The van der Waals surface area contributed by atoms with Gasteiger partial charge in [-0.05, 0) is 30.0 Å². The Bertz CT molecular complexity index is 283. The topological polar surface area (TPSA) is 20.2 Å². The average Bonchev–Trinajstić information content (AvgIpc) is 2.10. The van der Waals surface area contributed by atoms with Crippen molar-refractivity contribution in [1.29, 1.82) is 0 Å². The van der Waals surface area contributed by atoms with Crippen LogP contribution in [0.4, 0.5) is 4.39 Å². The minimum atomic E-state index is -0.547. The molecule has 0 amide bonds. The van der Waals surface area contributed by atoms with Crippen LogP contribution in [0, 0.1) is 12.2 Å². The summed E-state index contributed by atoms with van der Waals surface area (Å²) in [6.07, 6.45) is 3.06. The molecule has 0 aliphatic heterocycles. The lowest BCUT2D eigenvalue weighted by Gasteiger charge is -2.10. The molecule has 0 heterocycles. The first kappa shape index (κ1) is 10.0. The Balaban J connectivity index is 2.84. The highest BCUT2D eigenvalue weighted by atomic mass is 19.1. The maximum absolute atomic E-state index is 12.9. The van der Waals surface area contributed by atoms with Gasteiger partial charge in [-0.2, -0.15) is 0 Å². The van der Waals surface area contributed by atoms with Gasteiger partial charge in [0, 0.05) is 0 Å². The van der Waals surface area contributed by atoms with Crippen LogP contribution in [0.2, 0.25) is 0 Å². The Morgan fingerprint density at radius 3 is 2.77 bits per heavy atom. The molecule has 0 saturated heterocycles. The Kier molecular flexibility index (Phi) is 3.29. The van der Waals surface area contributed by atoms with Crippen LogP contribution in [-0.4, -0.2) is 5.11 Å². The van der Waals surface area contributed by atoms with Gasteiger partial charge < -0.3 is 5.11 Å². The molecule has 71 valence electrons. The van der Waals surface area contributed by atoms with Gasteiger partial charge in [0.05, 0.1) is 0 Å². The van der Waals surface area contributed by atoms with E-state index < -0.39 is 5.82 Å². The summed E-state index contributed by atoms with van der Waals surface area (Å²) in [5.74, 6) is -0.596. The van der Waals surface area contributed by atoms with E-state index >= 15 is 0 Å². The summed E-state index contributed by atoms with van der Waals surface area (Å²) in [5.41, 5.74) is 0.900. The van der Waals surface area contributed by atoms with Crippen LogP contribution in [-0.2, 0) is 0 Å². The lowest BCUT2D eigenvalue weighted by atomic mass is 9.96. The second-order valence-corrected chi connectivity index (χ2v) is 3.14. The van der Waals surface area contributed by atoms with E-state index in [0.29, 0.717) is 0 Å². The molecule has 0 spiro atoms. The highest BCUT2D eigenvalue weighted by Crippen LogP contribution is 2.24. The average molecular weight is 181 g/mol. The maximum atomic E-state index is 12.9. The fraction of sp³-hybridized carbons (Fsp3) is 0.364. The van der Waals surface area contributed by atoms with Crippen molar-refractivity contribution < 1.29 is 9.50 Å². The molecule has 13 heavy (non-hydrogen) atoms. The predicted molar refractivity (Wildman–Crippen MR) is 51.1 cm³/mol. The zero-order chi connectivity index (χ0) is 9.84. The SMILES string of the molecule is CC[CH]C(C)c1ccc(O)c(F)c1. The molecule has 1 atom stereocenters. The first-order valence-corrected chi connectivity index (χ1v) is 4.47. The Morgan fingerprint density at radius 2 is 2.23 bits per heavy atom. The van der Waals surface area contributed by atoms with Crippen LogP contribution in [0.3, 0.4) is 0 Å².